The molecule has 1 aromatic rings. The fraction of sp³-hybridized carbons (Fsp3) is 0.824. The zero-order valence-electron chi connectivity index (χ0n) is 14.3. The second-order valence-corrected chi connectivity index (χ2v) is 6.86. The van der Waals surface area contributed by atoms with Crippen LogP contribution in [0.2, 0.25) is 0 Å². The summed E-state index contributed by atoms with van der Waals surface area (Å²) in [5.74, 6) is 0.712. The Kier molecular flexibility index (Phi) is 6.74. The molecule has 0 aliphatic rings. The lowest BCUT2D eigenvalue weighted by Gasteiger charge is -2.30. The molecule has 3 heteroatoms. The van der Waals surface area contributed by atoms with E-state index in [4.69, 9.17) is 0 Å². The number of nitrogens with one attached hydrogen (secondary N) is 1. The van der Waals surface area contributed by atoms with Crippen molar-refractivity contribution in [2.45, 2.75) is 67.3 Å². The van der Waals surface area contributed by atoms with Gasteiger partial charge < -0.3 is 5.32 Å². The van der Waals surface area contributed by atoms with Gasteiger partial charge in [0.05, 0.1) is 5.69 Å². The maximum absolute atomic E-state index is 4.58. The molecule has 0 aliphatic carbocycles. The van der Waals surface area contributed by atoms with Gasteiger partial charge in [0.1, 0.15) is 0 Å². The molecule has 1 unspecified atom stereocenters. The van der Waals surface area contributed by atoms with Crippen LogP contribution in [0.5, 0.6) is 0 Å². The number of rotatable bonds is 9. The van der Waals surface area contributed by atoms with Crippen molar-refractivity contribution in [3.8, 4) is 0 Å². The Balaban J connectivity index is 2.73. The SMILES string of the molecule is CCCC(C)(CNCC(C)C)Cc1cc(C)nn1CC. The van der Waals surface area contributed by atoms with Crippen molar-refractivity contribution in [2.75, 3.05) is 13.1 Å². The summed E-state index contributed by atoms with van der Waals surface area (Å²) in [7, 11) is 0. The standard InChI is InChI=1S/C17H33N3/c1-7-9-17(6,13-18-12-14(3)4)11-16-10-15(5)19-20(16)8-2/h10,14,18H,7-9,11-13H2,1-6H3. The first-order chi connectivity index (χ1) is 9.40. The fourth-order valence-corrected chi connectivity index (χ4v) is 2.96. The molecule has 0 aromatic carbocycles. The molecule has 0 amide bonds. The second kappa shape index (κ2) is 7.82. The van der Waals surface area contributed by atoms with Gasteiger partial charge in [0.15, 0.2) is 0 Å². The van der Waals surface area contributed by atoms with Gasteiger partial charge >= 0.3 is 0 Å². The third kappa shape index (κ3) is 5.28. The molecule has 1 heterocycles. The Labute approximate surface area is 125 Å². The van der Waals surface area contributed by atoms with Crippen molar-refractivity contribution >= 4 is 0 Å². The van der Waals surface area contributed by atoms with Crippen LogP contribution in [0.4, 0.5) is 0 Å². The highest BCUT2D eigenvalue weighted by atomic mass is 15.3. The molecule has 0 aliphatic heterocycles. The van der Waals surface area contributed by atoms with E-state index in [9.17, 15) is 0 Å². The van der Waals surface area contributed by atoms with Gasteiger partial charge in [-0.2, -0.15) is 5.10 Å². The Morgan fingerprint density at radius 1 is 1.35 bits per heavy atom. The molecule has 116 valence electrons. The number of hydrogen-bond acceptors (Lipinski definition) is 2. The van der Waals surface area contributed by atoms with E-state index in [0.717, 1.165) is 31.7 Å². The normalized spacial score (nSPS) is 14.8. The van der Waals surface area contributed by atoms with Crippen molar-refractivity contribution in [3.05, 3.63) is 17.5 Å². The predicted molar refractivity (Wildman–Crippen MR) is 87.1 cm³/mol. The topological polar surface area (TPSA) is 29.9 Å². The maximum Gasteiger partial charge on any atom is 0.0596 e. The van der Waals surface area contributed by atoms with Crippen LogP contribution in [-0.2, 0) is 13.0 Å². The van der Waals surface area contributed by atoms with E-state index >= 15 is 0 Å². The first kappa shape index (κ1) is 17.2. The lowest BCUT2D eigenvalue weighted by atomic mass is 9.81. The van der Waals surface area contributed by atoms with Gasteiger partial charge in [0, 0.05) is 18.8 Å². The van der Waals surface area contributed by atoms with Crippen LogP contribution in [0, 0.1) is 18.3 Å². The molecule has 0 radical (unpaired) electrons. The van der Waals surface area contributed by atoms with Crippen LogP contribution in [0.1, 0.15) is 58.8 Å². The summed E-state index contributed by atoms with van der Waals surface area (Å²) in [5.41, 5.74) is 2.84. The van der Waals surface area contributed by atoms with Crippen LogP contribution in [0.3, 0.4) is 0 Å². The van der Waals surface area contributed by atoms with Crippen molar-refractivity contribution in [1.82, 2.24) is 15.1 Å². The summed E-state index contributed by atoms with van der Waals surface area (Å²) < 4.78 is 2.16. The molecular weight excluding hydrogens is 246 g/mol. The second-order valence-electron chi connectivity index (χ2n) is 6.86. The van der Waals surface area contributed by atoms with Crippen LogP contribution in [-0.4, -0.2) is 22.9 Å². The van der Waals surface area contributed by atoms with Gasteiger partial charge in [-0.05, 0) is 50.6 Å². The van der Waals surface area contributed by atoms with E-state index in [1.165, 1.54) is 18.5 Å². The zero-order valence-corrected chi connectivity index (χ0v) is 14.3. The highest BCUT2D eigenvalue weighted by molar-refractivity contribution is 5.11. The van der Waals surface area contributed by atoms with Gasteiger partial charge in [0.2, 0.25) is 0 Å². The number of nitrogens with zero attached hydrogens (tertiary/aromatic N) is 2. The van der Waals surface area contributed by atoms with Crippen molar-refractivity contribution in [1.29, 1.82) is 0 Å². The van der Waals surface area contributed by atoms with E-state index < -0.39 is 0 Å². The highest BCUT2D eigenvalue weighted by Gasteiger charge is 2.25. The molecule has 0 saturated heterocycles. The summed E-state index contributed by atoms with van der Waals surface area (Å²) in [6, 6.07) is 2.25. The van der Waals surface area contributed by atoms with Crippen LogP contribution in [0.25, 0.3) is 0 Å². The molecule has 0 bridgehead atoms. The first-order valence-corrected chi connectivity index (χ1v) is 8.14. The van der Waals surface area contributed by atoms with Gasteiger partial charge in [-0.1, -0.05) is 34.1 Å². The van der Waals surface area contributed by atoms with Gasteiger partial charge in [-0.25, -0.2) is 0 Å². The highest BCUT2D eigenvalue weighted by Crippen LogP contribution is 2.28. The van der Waals surface area contributed by atoms with E-state index in [1.54, 1.807) is 0 Å². The Morgan fingerprint density at radius 3 is 2.60 bits per heavy atom. The molecule has 1 atom stereocenters. The summed E-state index contributed by atoms with van der Waals surface area (Å²) in [6.07, 6.45) is 3.60. The first-order valence-electron chi connectivity index (χ1n) is 8.14. The minimum absolute atomic E-state index is 0.322. The monoisotopic (exact) mass is 279 g/mol. The molecular formula is C17H33N3. The van der Waals surface area contributed by atoms with E-state index in [-0.39, 0.29) is 0 Å². The summed E-state index contributed by atoms with van der Waals surface area (Å²) in [4.78, 5) is 0. The minimum atomic E-state index is 0.322. The molecule has 3 nitrogen and oxygen atoms in total. The zero-order chi connectivity index (χ0) is 15.2. The molecule has 1 N–H and O–H groups in total. The molecule has 0 spiro atoms. The van der Waals surface area contributed by atoms with E-state index in [1.807, 2.05) is 0 Å². The Morgan fingerprint density at radius 2 is 2.05 bits per heavy atom. The number of aromatic nitrogens is 2. The van der Waals surface area contributed by atoms with Gasteiger partial charge in [0.25, 0.3) is 0 Å². The maximum atomic E-state index is 4.58. The average Bonchev–Trinajstić information content (AvgIpc) is 2.68. The lowest BCUT2D eigenvalue weighted by molar-refractivity contribution is 0.264. The average molecular weight is 279 g/mol. The summed E-state index contributed by atoms with van der Waals surface area (Å²) in [6.45, 7) is 16.6. The van der Waals surface area contributed by atoms with Crippen molar-refractivity contribution < 1.29 is 0 Å². The third-order valence-electron chi connectivity index (χ3n) is 3.85. The van der Waals surface area contributed by atoms with Crippen LogP contribution >= 0.6 is 0 Å². The summed E-state index contributed by atoms with van der Waals surface area (Å²) >= 11 is 0. The van der Waals surface area contributed by atoms with E-state index in [2.05, 4.69) is 62.7 Å². The van der Waals surface area contributed by atoms with Gasteiger partial charge in [-0.3, -0.25) is 4.68 Å². The fourth-order valence-electron chi connectivity index (χ4n) is 2.96. The van der Waals surface area contributed by atoms with Crippen molar-refractivity contribution in [2.24, 2.45) is 11.3 Å². The Hall–Kier alpha value is -0.830. The molecule has 1 rings (SSSR count). The lowest BCUT2D eigenvalue weighted by Crippen LogP contribution is -2.36. The molecule has 20 heavy (non-hydrogen) atoms. The minimum Gasteiger partial charge on any atom is -0.316 e. The molecule has 0 saturated carbocycles. The Bertz CT molecular complexity index is 395. The number of hydrogen-bond donors (Lipinski definition) is 1. The smallest absolute Gasteiger partial charge is 0.0596 e. The largest absolute Gasteiger partial charge is 0.316 e. The van der Waals surface area contributed by atoms with Crippen LogP contribution in [0.15, 0.2) is 6.07 Å². The van der Waals surface area contributed by atoms with E-state index in [0.29, 0.717) is 11.3 Å². The number of aryl methyl sites for hydroxylation is 2. The quantitative estimate of drug-likeness (QED) is 0.745. The van der Waals surface area contributed by atoms with Crippen LogP contribution < -0.4 is 5.32 Å². The third-order valence-corrected chi connectivity index (χ3v) is 3.85. The molecule has 0 fully saturated rings. The predicted octanol–water partition coefficient (Wildman–Crippen LogP) is 3.81. The molecule has 1 aromatic heterocycles. The van der Waals surface area contributed by atoms with Crippen molar-refractivity contribution in [3.63, 3.8) is 0 Å². The van der Waals surface area contributed by atoms with Gasteiger partial charge in [-0.15, -0.1) is 0 Å². The summed E-state index contributed by atoms with van der Waals surface area (Å²) in [5, 5.41) is 8.22.